The van der Waals surface area contributed by atoms with E-state index in [4.69, 9.17) is 18.9 Å². The molecule has 0 saturated carbocycles. The van der Waals surface area contributed by atoms with Gasteiger partial charge in [0.15, 0.2) is 0 Å². The summed E-state index contributed by atoms with van der Waals surface area (Å²) in [5.41, 5.74) is 4.67. The summed E-state index contributed by atoms with van der Waals surface area (Å²) in [6.45, 7) is 1.61. The third-order valence-electron chi connectivity index (χ3n) is 16.1. The highest BCUT2D eigenvalue weighted by atomic mass is 16.6. The van der Waals surface area contributed by atoms with Gasteiger partial charge < -0.3 is 18.9 Å². The van der Waals surface area contributed by atoms with E-state index in [9.17, 15) is 38.4 Å². The fraction of sp³-hybridized carbons (Fsp3) is 0.474. The van der Waals surface area contributed by atoms with Gasteiger partial charge in [-0.15, -0.1) is 0 Å². The lowest BCUT2D eigenvalue weighted by atomic mass is 9.65. The number of carbonyl (C=O) groups is 8. The third kappa shape index (κ3) is 10.2. The molecule has 2 aromatic carbocycles. The topological polar surface area (TPSA) is 173 Å². The van der Waals surface area contributed by atoms with Crippen molar-refractivity contribution in [3.05, 3.63) is 131 Å². The van der Waals surface area contributed by atoms with E-state index in [1.54, 1.807) is 19.1 Å². The Morgan fingerprint density at radius 3 is 1.61 bits per heavy atom. The molecule has 2 aromatic rings. The van der Waals surface area contributed by atoms with Crippen molar-refractivity contribution in [3.63, 3.8) is 0 Å². The second-order valence-corrected chi connectivity index (χ2v) is 20.1. The second kappa shape index (κ2) is 21.1. The first kappa shape index (κ1) is 47.8. The maximum atomic E-state index is 14.4. The first-order chi connectivity index (χ1) is 33.5. The van der Waals surface area contributed by atoms with E-state index in [0.29, 0.717) is 36.8 Å². The first-order valence-electron chi connectivity index (χ1n) is 25.0. The number of cyclic esters (lactones) is 8. The highest BCUT2D eigenvalue weighted by Crippen LogP contribution is 2.52. The predicted octanol–water partition coefficient (Wildman–Crippen LogP) is 9.46. The molecule has 12 nitrogen and oxygen atoms in total. The van der Waals surface area contributed by atoms with E-state index < -0.39 is 107 Å². The Labute approximate surface area is 402 Å². The van der Waals surface area contributed by atoms with Crippen LogP contribution >= 0.6 is 0 Å². The standard InChI is InChI=1S/C57H60O12/c1-33-41(52(60)66-50(33)58)31-43(37-23-13-5-14-24-37)49-46(54(62)69-57(49)65)32-44(38-25-15-6-16-26-38)48-45(53(61)68-56(48)64)30-39(35-19-9-3-10-20-35)29-42(36-21-11-4-12-22-36)47-40(51(59)67-55(47)63)28-27-34-17-7-2-8-18-34/h3,5-7,9,13-19,21,23-26,33,39-49H,2,4,8,10-12,20,22,27-32H2,1H3. The molecule has 7 aliphatic rings. The minimum absolute atomic E-state index is 0.0284. The summed E-state index contributed by atoms with van der Waals surface area (Å²) in [5.74, 6) is -14.8. The van der Waals surface area contributed by atoms with Gasteiger partial charge in [-0.1, -0.05) is 127 Å². The van der Waals surface area contributed by atoms with Crippen molar-refractivity contribution >= 4 is 47.8 Å². The molecule has 0 aromatic heterocycles. The Kier molecular flexibility index (Phi) is 14.6. The van der Waals surface area contributed by atoms with Crippen LogP contribution in [0.5, 0.6) is 0 Å². The summed E-state index contributed by atoms with van der Waals surface area (Å²) in [6, 6.07) is 18.2. The average Bonchev–Trinajstić information content (AvgIpc) is 4.00. The molecule has 4 heterocycles. The third-order valence-corrected chi connectivity index (χ3v) is 16.1. The van der Waals surface area contributed by atoms with Crippen LogP contribution in [0.15, 0.2) is 120 Å². The molecular formula is C57H60O12. The number of benzene rings is 2. The molecule has 4 saturated heterocycles. The summed E-state index contributed by atoms with van der Waals surface area (Å²) < 4.78 is 21.5. The van der Waals surface area contributed by atoms with Crippen molar-refractivity contribution < 1.29 is 57.3 Å². The average molecular weight is 937 g/mol. The van der Waals surface area contributed by atoms with Crippen molar-refractivity contribution in [2.24, 2.45) is 59.2 Å². The van der Waals surface area contributed by atoms with E-state index >= 15 is 0 Å². The molecule has 12 unspecified atom stereocenters. The molecule has 69 heavy (non-hydrogen) atoms. The monoisotopic (exact) mass is 936 g/mol. The molecular weight excluding hydrogens is 877 g/mol. The van der Waals surface area contributed by atoms with Crippen molar-refractivity contribution in [2.45, 2.75) is 109 Å². The van der Waals surface area contributed by atoms with Crippen LogP contribution in [0.4, 0.5) is 0 Å². The molecule has 12 heteroatoms. The van der Waals surface area contributed by atoms with Gasteiger partial charge in [0.2, 0.25) is 0 Å². The smallest absolute Gasteiger partial charge is 0.318 e. The Hall–Kier alpha value is -6.30. The number of hydrogen-bond donors (Lipinski definition) is 0. The Morgan fingerprint density at radius 1 is 0.507 bits per heavy atom. The summed E-state index contributed by atoms with van der Waals surface area (Å²) in [7, 11) is 0. The van der Waals surface area contributed by atoms with Crippen molar-refractivity contribution in [2.75, 3.05) is 0 Å². The summed E-state index contributed by atoms with van der Waals surface area (Å²) in [5, 5.41) is 0. The molecule has 9 rings (SSSR count). The Balaban J connectivity index is 1.06. The van der Waals surface area contributed by atoms with Gasteiger partial charge in [-0.2, -0.15) is 0 Å². The molecule has 0 N–H and O–H groups in total. The number of hydrogen-bond acceptors (Lipinski definition) is 12. The van der Waals surface area contributed by atoms with Gasteiger partial charge in [0, 0.05) is 0 Å². The Morgan fingerprint density at radius 2 is 1.07 bits per heavy atom. The van der Waals surface area contributed by atoms with Gasteiger partial charge in [-0.3, -0.25) is 38.4 Å². The molecule has 4 fully saturated rings. The highest BCUT2D eigenvalue weighted by Gasteiger charge is 2.57. The minimum Gasteiger partial charge on any atom is -0.393 e. The second-order valence-electron chi connectivity index (χ2n) is 20.1. The molecule has 0 amide bonds. The van der Waals surface area contributed by atoms with Crippen LogP contribution in [0.2, 0.25) is 0 Å². The molecule has 0 bridgehead atoms. The lowest BCUT2D eigenvalue weighted by molar-refractivity contribution is -0.156. The largest absolute Gasteiger partial charge is 0.393 e. The summed E-state index contributed by atoms with van der Waals surface area (Å²) in [6.07, 6.45) is 23.4. The number of allylic oxidation sites excluding steroid dienone is 10. The van der Waals surface area contributed by atoms with Crippen LogP contribution in [-0.2, 0) is 57.3 Å². The minimum atomic E-state index is -1.10. The van der Waals surface area contributed by atoms with Crippen LogP contribution in [0.1, 0.15) is 120 Å². The highest BCUT2D eigenvalue weighted by molar-refractivity contribution is 5.99. The SMILES string of the molecule is CC1C(=O)OC(=O)C1CC(c1ccccc1)C1C(=O)OC(=O)C1CC(c1ccccc1)C1C(=O)OC(=O)C1CC(CC(C1=CCCCC1)C1C(=O)OC(=O)C1CCC1=CCCC=C1)C1=CC=CCC1. The van der Waals surface area contributed by atoms with Gasteiger partial charge in [0.05, 0.1) is 47.3 Å². The van der Waals surface area contributed by atoms with Gasteiger partial charge >= 0.3 is 47.8 Å². The summed E-state index contributed by atoms with van der Waals surface area (Å²) >= 11 is 0. The van der Waals surface area contributed by atoms with E-state index in [2.05, 4.69) is 36.5 Å². The molecule has 4 aliphatic heterocycles. The van der Waals surface area contributed by atoms with Gasteiger partial charge in [-0.25, -0.2) is 0 Å². The fourth-order valence-electron chi connectivity index (χ4n) is 12.5. The maximum absolute atomic E-state index is 14.4. The van der Waals surface area contributed by atoms with Crippen LogP contribution in [-0.4, -0.2) is 47.8 Å². The molecule has 12 atom stereocenters. The molecule has 3 aliphatic carbocycles. The van der Waals surface area contributed by atoms with Gasteiger partial charge in [-0.05, 0) is 125 Å². The Bertz CT molecular complexity index is 2510. The number of esters is 8. The summed E-state index contributed by atoms with van der Waals surface area (Å²) in [4.78, 5) is 110. The number of carbonyl (C=O) groups excluding carboxylic acids is 8. The normalized spacial score (nSPS) is 29.7. The fourth-order valence-corrected chi connectivity index (χ4v) is 12.5. The predicted molar refractivity (Wildman–Crippen MR) is 251 cm³/mol. The lowest BCUT2D eigenvalue weighted by Crippen LogP contribution is -2.34. The van der Waals surface area contributed by atoms with Crippen LogP contribution in [0.25, 0.3) is 0 Å². The molecule has 0 spiro atoms. The molecule has 360 valence electrons. The van der Waals surface area contributed by atoms with Crippen LogP contribution in [0.3, 0.4) is 0 Å². The number of ether oxygens (including phenoxy) is 4. The van der Waals surface area contributed by atoms with E-state index in [1.165, 1.54) is 0 Å². The van der Waals surface area contributed by atoms with Crippen molar-refractivity contribution in [3.8, 4) is 0 Å². The maximum Gasteiger partial charge on any atom is 0.318 e. The van der Waals surface area contributed by atoms with Crippen LogP contribution < -0.4 is 0 Å². The first-order valence-corrected chi connectivity index (χ1v) is 25.0. The van der Waals surface area contributed by atoms with Crippen molar-refractivity contribution in [1.82, 2.24) is 0 Å². The van der Waals surface area contributed by atoms with E-state index in [-0.39, 0.29) is 31.1 Å². The van der Waals surface area contributed by atoms with Crippen LogP contribution in [0, 0.1) is 59.2 Å². The zero-order valence-corrected chi connectivity index (χ0v) is 39.0. The lowest BCUT2D eigenvalue weighted by Gasteiger charge is -2.35. The van der Waals surface area contributed by atoms with Crippen molar-refractivity contribution in [1.29, 1.82) is 0 Å². The molecule has 0 radical (unpaired) electrons. The number of rotatable bonds is 18. The van der Waals surface area contributed by atoms with E-state index in [0.717, 1.165) is 61.7 Å². The zero-order chi connectivity index (χ0) is 48.2. The quantitative estimate of drug-likeness (QED) is 0.0601. The zero-order valence-electron chi connectivity index (χ0n) is 39.0. The van der Waals surface area contributed by atoms with Gasteiger partial charge in [0.1, 0.15) is 0 Å². The van der Waals surface area contributed by atoms with E-state index in [1.807, 2.05) is 54.6 Å². The van der Waals surface area contributed by atoms with Gasteiger partial charge in [0.25, 0.3) is 0 Å².